The lowest BCUT2D eigenvalue weighted by Gasteiger charge is -2.03. The topological polar surface area (TPSA) is 34.4 Å². The van der Waals surface area contributed by atoms with Crippen molar-refractivity contribution >= 4 is 11.8 Å². The Morgan fingerprint density at radius 3 is 2.65 bits per heavy atom. The van der Waals surface area contributed by atoms with Crippen molar-refractivity contribution in [2.24, 2.45) is 0 Å². The zero-order valence-corrected chi connectivity index (χ0v) is 11.4. The second-order valence-electron chi connectivity index (χ2n) is 4.84. The average Bonchev–Trinajstić information content (AvgIpc) is 2.87. The first kappa shape index (κ1) is 12.6. The smallest absolute Gasteiger partial charge is 0.170 e. The van der Waals surface area contributed by atoms with Gasteiger partial charge in [0.2, 0.25) is 0 Å². The van der Waals surface area contributed by atoms with Crippen LogP contribution in [0.3, 0.4) is 0 Å². The number of nitrogens with zero attached hydrogens (tertiary/aromatic N) is 2. The number of aromatic nitrogens is 2. The molecule has 0 amide bonds. The van der Waals surface area contributed by atoms with E-state index in [0.29, 0.717) is 5.69 Å². The van der Waals surface area contributed by atoms with E-state index in [1.807, 2.05) is 28.8 Å². The van der Waals surface area contributed by atoms with Crippen LogP contribution >= 0.6 is 0 Å². The maximum Gasteiger partial charge on any atom is 0.170 e. The first-order valence-electron chi connectivity index (χ1n) is 6.85. The number of imidazole rings is 1. The molecular formula is C17H16N2O. The van der Waals surface area contributed by atoms with Crippen LogP contribution in [0.1, 0.15) is 29.4 Å². The fraction of sp³-hybridized carbons (Fsp3) is 0.176. The van der Waals surface area contributed by atoms with Gasteiger partial charge in [0, 0.05) is 11.8 Å². The average molecular weight is 264 g/mol. The molecule has 0 atom stereocenters. The van der Waals surface area contributed by atoms with Crippen LogP contribution in [-0.2, 0) is 6.42 Å². The lowest BCUT2D eigenvalue weighted by atomic mass is 10.1. The highest BCUT2D eigenvalue weighted by Crippen LogP contribution is 2.22. The van der Waals surface area contributed by atoms with Crippen molar-refractivity contribution in [1.82, 2.24) is 9.38 Å². The van der Waals surface area contributed by atoms with Crippen LogP contribution in [0.5, 0.6) is 0 Å². The van der Waals surface area contributed by atoms with E-state index in [9.17, 15) is 4.79 Å². The molecule has 0 N–H and O–H groups in total. The van der Waals surface area contributed by atoms with Crippen molar-refractivity contribution in [3.8, 4) is 11.4 Å². The van der Waals surface area contributed by atoms with Crippen molar-refractivity contribution in [1.29, 1.82) is 0 Å². The number of fused-ring (bicyclic) bond motifs is 1. The quantitative estimate of drug-likeness (QED) is 0.672. The van der Waals surface area contributed by atoms with E-state index in [1.54, 1.807) is 0 Å². The molecule has 0 bridgehead atoms. The van der Waals surface area contributed by atoms with Gasteiger partial charge in [0.05, 0.1) is 5.52 Å². The molecule has 0 fully saturated rings. The summed E-state index contributed by atoms with van der Waals surface area (Å²) in [5, 5.41) is 0. The molecule has 3 aromatic rings. The van der Waals surface area contributed by atoms with Gasteiger partial charge in [-0.25, -0.2) is 4.98 Å². The lowest BCUT2D eigenvalue weighted by molar-refractivity contribution is 0.112. The van der Waals surface area contributed by atoms with Crippen LogP contribution in [0.25, 0.3) is 16.9 Å². The number of aldehydes is 1. The van der Waals surface area contributed by atoms with Gasteiger partial charge in [0.15, 0.2) is 6.29 Å². The number of benzene rings is 1. The third-order valence-electron chi connectivity index (χ3n) is 3.44. The van der Waals surface area contributed by atoms with Gasteiger partial charge in [-0.1, -0.05) is 43.7 Å². The summed E-state index contributed by atoms with van der Waals surface area (Å²) >= 11 is 0. The summed E-state index contributed by atoms with van der Waals surface area (Å²) in [4.78, 5) is 15.6. The summed E-state index contributed by atoms with van der Waals surface area (Å²) in [6.07, 6.45) is 4.97. The van der Waals surface area contributed by atoms with E-state index in [4.69, 9.17) is 0 Å². The van der Waals surface area contributed by atoms with E-state index < -0.39 is 0 Å². The fourth-order valence-corrected chi connectivity index (χ4v) is 2.46. The van der Waals surface area contributed by atoms with E-state index in [2.05, 4.69) is 36.2 Å². The number of carbonyl (C=O) groups excluding carboxylic acids is 1. The maximum absolute atomic E-state index is 11.1. The molecule has 3 rings (SSSR count). The minimum atomic E-state index is 0.484. The summed E-state index contributed by atoms with van der Waals surface area (Å²) < 4.78 is 1.96. The fourth-order valence-electron chi connectivity index (χ4n) is 2.46. The number of pyridine rings is 1. The van der Waals surface area contributed by atoms with Crippen molar-refractivity contribution in [3.63, 3.8) is 0 Å². The number of rotatable bonds is 4. The van der Waals surface area contributed by atoms with E-state index in [1.165, 1.54) is 5.56 Å². The zero-order chi connectivity index (χ0) is 13.9. The number of hydrogen-bond donors (Lipinski definition) is 0. The number of aryl methyl sites for hydroxylation is 1. The predicted octanol–water partition coefficient (Wildman–Crippen LogP) is 3.77. The van der Waals surface area contributed by atoms with Gasteiger partial charge >= 0.3 is 0 Å². The molecule has 1 aromatic carbocycles. The molecule has 20 heavy (non-hydrogen) atoms. The van der Waals surface area contributed by atoms with Crippen molar-refractivity contribution < 1.29 is 4.79 Å². The van der Waals surface area contributed by atoms with Crippen LogP contribution in [-0.4, -0.2) is 15.7 Å². The molecule has 0 radical (unpaired) electrons. The first-order valence-corrected chi connectivity index (χ1v) is 6.85. The van der Waals surface area contributed by atoms with Gasteiger partial charge in [-0.15, -0.1) is 0 Å². The molecule has 0 aliphatic carbocycles. The molecule has 0 unspecified atom stereocenters. The molecule has 0 spiro atoms. The van der Waals surface area contributed by atoms with Gasteiger partial charge in [0.25, 0.3) is 0 Å². The highest BCUT2D eigenvalue weighted by Gasteiger charge is 2.11. The van der Waals surface area contributed by atoms with Crippen LogP contribution in [0.15, 0.2) is 48.7 Å². The van der Waals surface area contributed by atoms with Gasteiger partial charge in [-0.05, 0) is 24.1 Å². The molecular weight excluding hydrogens is 248 g/mol. The summed E-state index contributed by atoms with van der Waals surface area (Å²) in [7, 11) is 0. The molecule has 2 heterocycles. The van der Waals surface area contributed by atoms with E-state index in [-0.39, 0.29) is 0 Å². The molecule has 3 nitrogen and oxygen atoms in total. The summed E-state index contributed by atoms with van der Waals surface area (Å²) in [5.41, 5.74) is 3.68. The van der Waals surface area contributed by atoms with Gasteiger partial charge in [-0.2, -0.15) is 0 Å². The third-order valence-corrected chi connectivity index (χ3v) is 3.44. The maximum atomic E-state index is 11.1. The Balaban J connectivity index is 2.11. The third kappa shape index (κ3) is 2.11. The number of carbonyl (C=O) groups is 1. The molecule has 0 saturated carbocycles. The highest BCUT2D eigenvalue weighted by molar-refractivity contribution is 5.85. The van der Waals surface area contributed by atoms with Gasteiger partial charge in [-0.3, -0.25) is 9.20 Å². The van der Waals surface area contributed by atoms with E-state index in [0.717, 1.165) is 36.0 Å². The van der Waals surface area contributed by atoms with Crippen molar-refractivity contribution in [2.75, 3.05) is 0 Å². The second kappa shape index (κ2) is 5.29. The molecule has 0 saturated heterocycles. The summed E-state index contributed by atoms with van der Waals surface area (Å²) in [6, 6.07) is 14.2. The van der Waals surface area contributed by atoms with Crippen LogP contribution in [0.2, 0.25) is 0 Å². The van der Waals surface area contributed by atoms with Crippen LogP contribution < -0.4 is 0 Å². The molecule has 2 aromatic heterocycles. The lowest BCUT2D eigenvalue weighted by Crippen LogP contribution is -1.89. The monoisotopic (exact) mass is 264 g/mol. The Bertz CT molecular complexity index is 741. The highest BCUT2D eigenvalue weighted by atomic mass is 16.1. The van der Waals surface area contributed by atoms with E-state index >= 15 is 0 Å². The van der Waals surface area contributed by atoms with Gasteiger partial charge in [0.1, 0.15) is 11.5 Å². The minimum absolute atomic E-state index is 0.484. The zero-order valence-electron chi connectivity index (χ0n) is 11.4. The minimum Gasteiger partial charge on any atom is -0.299 e. The second-order valence-corrected chi connectivity index (χ2v) is 4.84. The summed E-state index contributed by atoms with van der Waals surface area (Å²) in [6.45, 7) is 2.17. The predicted molar refractivity (Wildman–Crippen MR) is 80.0 cm³/mol. The molecule has 100 valence electrons. The first-order chi connectivity index (χ1) is 9.83. The molecule has 0 aliphatic heterocycles. The Kier molecular flexibility index (Phi) is 3.33. The SMILES string of the molecule is CCCc1ccc(-c2nc(C=O)c3ccccn23)cc1. The van der Waals surface area contributed by atoms with Crippen molar-refractivity contribution in [2.45, 2.75) is 19.8 Å². The van der Waals surface area contributed by atoms with Crippen LogP contribution in [0, 0.1) is 0 Å². The largest absolute Gasteiger partial charge is 0.299 e. The Morgan fingerprint density at radius 1 is 1.15 bits per heavy atom. The molecule has 3 heteroatoms. The molecule has 0 aliphatic rings. The standard InChI is InChI=1S/C17H16N2O/c1-2-5-13-7-9-14(10-8-13)17-18-15(12-20)16-6-3-4-11-19(16)17/h3-4,6-12H,2,5H2,1H3. The van der Waals surface area contributed by atoms with Crippen molar-refractivity contribution in [3.05, 3.63) is 59.9 Å². The number of hydrogen-bond acceptors (Lipinski definition) is 2. The van der Waals surface area contributed by atoms with Crippen LogP contribution in [0.4, 0.5) is 0 Å². The summed E-state index contributed by atoms with van der Waals surface area (Å²) in [5.74, 6) is 0.811. The Labute approximate surface area is 117 Å². The Morgan fingerprint density at radius 2 is 1.95 bits per heavy atom. The van der Waals surface area contributed by atoms with Gasteiger partial charge < -0.3 is 0 Å². The Hall–Kier alpha value is -2.42. The normalized spacial score (nSPS) is 10.8.